The van der Waals surface area contributed by atoms with Crippen LogP contribution in [0.2, 0.25) is 0 Å². The number of unbranched alkanes of at least 4 members (excludes halogenated alkanes) is 8. The molecule has 1 rings (SSSR count). The van der Waals surface area contributed by atoms with Crippen LogP contribution in [0.15, 0.2) is 24.3 Å². The van der Waals surface area contributed by atoms with Crippen molar-refractivity contribution in [2.24, 2.45) is 5.41 Å². The molecule has 0 aliphatic rings. The fourth-order valence-electron chi connectivity index (χ4n) is 3.43. The van der Waals surface area contributed by atoms with Gasteiger partial charge < -0.3 is 9.47 Å². The fourth-order valence-corrected chi connectivity index (χ4v) is 3.43. The average Bonchev–Trinajstić information content (AvgIpc) is 2.77. The summed E-state index contributed by atoms with van der Waals surface area (Å²) < 4.78 is 10.9. The third-order valence-corrected chi connectivity index (χ3v) is 5.66. The first-order valence-corrected chi connectivity index (χ1v) is 11.4. The summed E-state index contributed by atoms with van der Waals surface area (Å²) in [6.07, 6.45) is 11.3. The number of esters is 2. The molecule has 0 atom stereocenters. The molecule has 0 amide bonds. The maximum atomic E-state index is 12.8. The van der Waals surface area contributed by atoms with E-state index < -0.39 is 17.4 Å². The van der Waals surface area contributed by atoms with Gasteiger partial charge >= 0.3 is 11.9 Å². The van der Waals surface area contributed by atoms with Crippen LogP contribution < -0.4 is 4.74 Å². The smallest absolute Gasteiger partial charge is 0.328 e. The molecule has 5 nitrogen and oxygen atoms in total. The maximum absolute atomic E-state index is 12.8. The maximum Gasteiger partial charge on any atom is 0.328 e. The lowest BCUT2D eigenvalue weighted by atomic mass is 9.82. The molecule has 0 bridgehead atoms. The summed E-state index contributed by atoms with van der Waals surface area (Å²) in [6, 6.07) is 8.28. The van der Waals surface area contributed by atoms with Gasteiger partial charge in [0, 0.05) is 0 Å². The first-order valence-electron chi connectivity index (χ1n) is 11.4. The summed E-state index contributed by atoms with van der Waals surface area (Å²) in [4.78, 5) is 25.5. The first kappa shape index (κ1) is 25.7. The summed E-state index contributed by atoms with van der Waals surface area (Å²) in [7, 11) is 0. The molecule has 0 aliphatic heterocycles. The van der Waals surface area contributed by atoms with Crippen molar-refractivity contribution in [1.82, 2.24) is 0 Å². The van der Waals surface area contributed by atoms with Gasteiger partial charge in [0.1, 0.15) is 5.75 Å². The molecule has 0 fully saturated rings. The van der Waals surface area contributed by atoms with Gasteiger partial charge in [0.15, 0.2) is 5.41 Å². The summed E-state index contributed by atoms with van der Waals surface area (Å²) in [5.74, 6) is -0.794. The summed E-state index contributed by atoms with van der Waals surface area (Å²) in [6.45, 7) is 6.15. The Morgan fingerprint density at radius 2 is 1.37 bits per heavy atom. The van der Waals surface area contributed by atoms with Crippen LogP contribution >= 0.6 is 0 Å². The zero-order chi connectivity index (χ0) is 22.2. The minimum absolute atomic E-state index is 0.315. The van der Waals surface area contributed by atoms with Gasteiger partial charge in [-0.05, 0) is 43.5 Å². The van der Waals surface area contributed by atoms with Crippen LogP contribution in [-0.2, 0) is 14.3 Å². The van der Waals surface area contributed by atoms with Crippen molar-refractivity contribution in [2.75, 3.05) is 6.61 Å². The third kappa shape index (κ3) is 8.18. The van der Waals surface area contributed by atoms with Crippen LogP contribution in [0.25, 0.3) is 0 Å². The first-order chi connectivity index (χ1) is 14.5. The van der Waals surface area contributed by atoms with Gasteiger partial charge in [-0.2, -0.15) is 5.26 Å². The summed E-state index contributed by atoms with van der Waals surface area (Å²) in [5, 5.41) is 8.86. The molecule has 30 heavy (non-hydrogen) atoms. The molecule has 166 valence electrons. The van der Waals surface area contributed by atoms with E-state index in [1.54, 1.807) is 38.1 Å². The second-order valence-electron chi connectivity index (χ2n) is 7.78. The Morgan fingerprint density at radius 1 is 0.833 bits per heavy atom. The highest BCUT2D eigenvalue weighted by molar-refractivity contribution is 6.00. The number of hydrogen-bond acceptors (Lipinski definition) is 5. The van der Waals surface area contributed by atoms with Crippen LogP contribution in [0, 0.1) is 16.7 Å². The van der Waals surface area contributed by atoms with E-state index in [4.69, 9.17) is 14.7 Å². The lowest BCUT2D eigenvalue weighted by molar-refractivity contribution is -0.168. The number of carbonyl (C=O) groups excluding carboxylic acids is 2. The third-order valence-electron chi connectivity index (χ3n) is 5.66. The van der Waals surface area contributed by atoms with Gasteiger partial charge in [-0.15, -0.1) is 0 Å². The van der Waals surface area contributed by atoms with Crippen LogP contribution in [0.4, 0.5) is 0 Å². The Hall–Kier alpha value is -2.35. The normalized spacial score (nSPS) is 11.0. The lowest BCUT2D eigenvalue weighted by Gasteiger charge is -2.26. The monoisotopic (exact) mass is 415 g/mol. The SMILES string of the molecule is CCCCCCCCCCCOC(=O)C(CC)(CC)C(=O)Oc1ccc(C#N)cc1. The van der Waals surface area contributed by atoms with Crippen molar-refractivity contribution in [1.29, 1.82) is 5.26 Å². The van der Waals surface area contributed by atoms with Crippen molar-refractivity contribution in [3.8, 4) is 11.8 Å². The molecule has 0 spiro atoms. The van der Waals surface area contributed by atoms with Crippen LogP contribution in [0.1, 0.15) is 97.0 Å². The predicted octanol–water partition coefficient (Wildman–Crippen LogP) is 6.34. The molecular formula is C25H37NO4. The minimum Gasteiger partial charge on any atom is -0.465 e. The standard InChI is InChI=1S/C25H37NO4/c1-4-7-8-9-10-11-12-13-14-19-29-23(27)25(5-2,6-3)24(28)30-22-17-15-21(20-26)16-18-22/h15-18H,4-14,19H2,1-3H3. The largest absolute Gasteiger partial charge is 0.465 e. The van der Waals surface area contributed by atoms with E-state index in [0.29, 0.717) is 30.8 Å². The number of nitriles is 1. The highest BCUT2D eigenvalue weighted by Crippen LogP contribution is 2.31. The Balaban J connectivity index is 2.44. The molecule has 0 unspecified atom stereocenters. The molecule has 0 saturated heterocycles. The van der Waals surface area contributed by atoms with Gasteiger partial charge in [0.25, 0.3) is 0 Å². The molecule has 5 heteroatoms. The van der Waals surface area contributed by atoms with E-state index in [1.807, 2.05) is 6.07 Å². The average molecular weight is 416 g/mol. The van der Waals surface area contributed by atoms with E-state index in [9.17, 15) is 9.59 Å². The van der Waals surface area contributed by atoms with Crippen molar-refractivity contribution in [3.63, 3.8) is 0 Å². The molecule has 0 aliphatic carbocycles. The van der Waals surface area contributed by atoms with Crippen LogP contribution in [0.5, 0.6) is 5.75 Å². The van der Waals surface area contributed by atoms with Crippen LogP contribution in [-0.4, -0.2) is 18.5 Å². The number of ether oxygens (including phenoxy) is 2. The number of hydrogen-bond donors (Lipinski definition) is 0. The number of rotatable bonds is 15. The van der Waals surface area contributed by atoms with E-state index in [1.165, 1.54) is 38.5 Å². The molecular weight excluding hydrogens is 378 g/mol. The molecule has 0 saturated carbocycles. The summed E-state index contributed by atoms with van der Waals surface area (Å²) in [5.41, 5.74) is -0.819. The van der Waals surface area contributed by atoms with Gasteiger partial charge in [-0.3, -0.25) is 9.59 Å². The van der Waals surface area contributed by atoms with E-state index in [-0.39, 0.29) is 0 Å². The highest BCUT2D eigenvalue weighted by atomic mass is 16.6. The fraction of sp³-hybridized carbons (Fsp3) is 0.640. The molecule has 1 aromatic carbocycles. The minimum atomic E-state index is -1.30. The lowest BCUT2D eigenvalue weighted by Crippen LogP contribution is -2.42. The Kier molecular flexibility index (Phi) is 12.5. The predicted molar refractivity (Wildman–Crippen MR) is 118 cm³/mol. The number of carbonyl (C=O) groups is 2. The van der Waals surface area contributed by atoms with Crippen molar-refractivity contribution < 1.29 is 19.1 Å². The van der Waals surface area contributed by atoms with Gasteiger partial charge in [-0.1, -0.05) is 72.1 Å². The second-order valence-corrected chi connectivity index (χ2v) is 7.78. The Labute approximate surface area is 181 Å². The van der Waals surface area contributed by atoms with Gasteiger partial charge in [0.05, 0.1) is 18.2 Å². The van der Waals surface area contributed by atoms with Crippen LogP contribution in [0.3, 0.4) is 0 Å². The van der Waals surface area contributed by atoms with Gasteiger partial charge in [-0.25, -0.2) is 0 Å². The van der Waals surface area contributed by atoms with Gasteiger partial charge in [0.2, 0.25) is 0 Å². The molecule has 0 heterocycles. The van der Waals surface area contributed by atoms with Crippen molar-refractivity contribution in [3.05, 3.63) is 29.8 Å². The number of benzene rings is 1. The zero-order valence-corrected chi connectivity index (χ0v) is 18.9. The molecule has 0 aromatic heterocycles. The Bertz CT molecular complexity index is 671. The summed E-state index contributed by atoms with van der Waals surface area (Å²) >= 11 is 0. The zero-order valence-electron chi connectivity index (χ0n) is 18.9. The van der Waals surface area contributed by atoms with Crippen molar-refractivity contribution in [2.45, 2.75) is 91.4 Å². The Morgan fingerprint density at radius 3 is 1.87 bits per heavy atom. The second kappa shape index (κ2) is 14.6. The van der Waals surface area contributed by atoms with E-state index in [0.717, 1.165) is 19.3 Å². The number of nitrogens with zero attached hydrogens (tertiary/aromatic N) is 1. The highest BCUT2D eigenvalue weighted by Gasteiger charge is 2.46. The molecule has 0 radical (unpaired) electrons. The van der Waals surface area contributed by atoms with E-state index >= 15 is 0 Å². The van der Waals surface area contributed by atoms with Crippen molar-refractivity contribution >= 4 is 11.9 Å². The molecule has 0 N–H and O–H groups in total. The molecule has 1 aromatic rings. The quantitative estimate of drug-likeness (QED) is 0.144. The topological polar surface area (TPSA) is 76.4 Å². The van der Waals surface area contributed by atoms with E-state index in [2.05, 4.69) is 6.92 Å².